The number of hydrogen-bond donors (Lipinski definition) is 1. The molecule has 1 N–H and O–H groups in total. The molecule has 0 saturated heterocycles. The van der Waals surface area contributed by atoms with Gasteiger partial charge in [-0.2, -0.15) is 5.10 Å². The highest BCUT2D eigenvalue weighted by molar-refractivity contribution is 5.85. The number of pyridine rings is 1. The van der Waals surface area contributed by atoms with Crippen LogP contribution in [0.15, 0.2) is 54.7 Å². The minimum Gasteiger partial charge on any atom is -0.363 e. The van der Waals surface area contributed by atoms with Gasteiger partial charge in [-0.05, 0) is 24.6 Å². The van der Waals surface area contributed by atoms with Crippen LogP contribution in [0.4, 0.5) is 5.82 Å². The van der Waals surface area contributed by atoms with Gasteiger partial charge < -0.3 is 10.2 Å². The van der Waals surface area contributed by atoms with E-state index in [-0.39, 0.29) is 18.4 Å². The van der Waals surface area contributed by atoms with Gasteiger partial charge in [-0.25, -0.2) is 0 Å². The summed E-state index contributed by atoms with van der Waals surface area (Å²) in [6.07, 6.45) is 1.84. The molecule has 0 aliphatic carbocycles. The molecule has 2 aromatic heterocycles. The molecule has 2 heterocycles. The second kappa shape index (κ2) is 8.83. The van der Waals surface area contributed by atoms with Gasteiger partial charge in [0.15, 0.2) is 0 Å². The molecule has 5 nitrogen and oxygen atoms in total. The molecule has 0 saturated carbocycles. The van der Waals surface area contributed by atoms with Gasteiger partial charge in [-0.15, -0.1) is 12.4 Å². The summed E-state index contributed by atoms with van der Waals surface area (Å²) in [5.74, 6) is 1.12. The molecule has 1 unspecified atom stereocenters. The maximum Gasteiger partial charge on any atom is 0.130 e. The van der Waals surface area contributed by atoms with Gasteiger partial charge in [0.2, 0.25) is 0 Å². The number of aryl methyl sites for hydroxylation is 2. The smallest absolute Gasteiger partial charge is 0.130 e. The van der Waals surface area contributed by atoms with Crippen LogP contribution in [-0.4, -0.2) is 28.9 Å². The number of nitrogens with zero attached hydrogens (tertiary/aromatic N) is 4. The van der Waals surface area contributed by atoms with Crippen molar-refractivity contribution in [3.63, 3.8) is 0 Å². The minimum absolute atomic E-state index is 0. The van der Waals surface area contributed by atoms with E-state index in [1.807, 2.05) is 50.2 Å². The molecule has 0 spiro atoms. The highest BCUT2D eigenvalue weighted by atomic mass is 35.5. The van der Waals surface area contributed by atoms with Gasteiger partial charge in [0.25, 0.3) is 0 Å². The highest BCUT2D eigenvalue weighted by Gasteiger charge is 2.19. The van der Waals surface area contributed by atoms with E-state index < -0.39 is 0 Å². The predicted molar refractivity (Wildman–Crippen MR) is 109 cm³/mol. The summed E-state index contributed by atoms with van der Waals surface area (Å²) in [6, 6.07) is 16.5. The van der Waals surface area contributed by atoms with Crippen LogP contribution < -0.4 is 10.2 Å². The Morgan fingerprint density at radius 2 is 1.77 bits per heavy atom. The quantitative estimate of drug-likeness (QED) is 0.720. The van der Waals surface area contributed by atoms with Gasteiger partial charge in [0.05, 0.1) is 17.4 Å². The van der Waals surface area contributed by atoms with Crippen molar-refractivity contribution in [2.75, 3.05) is 19.0 Å². The monoisotopic (exact) mass is 371 g/mol. The number of benzene rings is 1. The fourth-order valence-corrected chi connectivity index (χ4v) is 3.25. The largest absolute Gasteiger partial charge is 0.363 e. The van der Waals surface area contributed by atoms with Crippen molar-refractivity contribution >= 4 is 18.2 Å². The van der Waals surface area contributed by atoms with Gasteiger partial charge in [0, 0.05) is 39.4 Å². The Morgan fingerprint density at radius 1 is 1.08 bits per heavy atom. The topological polar surface area (TPSA) is 46.0 Å². The molecule has 1 aromatic carbocycles. The molecule has 6 heteroatoms. The molecule has 138 valence electrons. The lowest BCUT2D eigenvalue weighted by Gasteiger charge is -2.21. The Labute approximate surface area is 161 Å². The van der Waals surface area contributed by atoms with E-state index in [4.69, 9.17) is 0 Å². The van der Waals surface area contributed by atoms with Gasteiger partial charge in [-0.1, -0.05) is 36.4 Å². The Hall–Kier alpha value is -2.37. The van der Waals surface area contributed by atoms with Crippen molar-refractivity contribution in [3.05, 3.63) is 77.2 Å². The average molecular weight is 372 g/mol. The summed E-state index contributed by atoms with van der Waals surface area (Å²) in [7, 11) is 6.08. The van der Waals surface area contributed by atoms with Crippen LogP contribution in [0.2, 0.25) is 0 Å². The predicted octanol–water partition coefficient (Wildman–Crippen LogP) is 3.49. The van der Waals surface area contributed by atoms with E-state index in [1.165, 1.54) is 11.1 Å². The molecule has 3 aromatic rings. The fourth-order valence-electron chi connectivity index (χ4n) is 3.25. The maximum atomic E-state index is 4.58. The Bertz CT molecular complexity index is 775. The number of aromatic nitrogens is 3. The van der Waals surface area contributed by atoms with Crippen LogP contribution in [-0.2, 0) is 13.6 Å². The zero-order valence-electron chi connectivity index (χ0n) is 15.7. The maximum absolute atomic E-state index is 4.58. The number of halogens is 1. The first kappa shape index (κ1) is 19.9. The molecular formula is C20H26ClN5. The van der Waals surface area contributed by atoms with Crippen molar-refractivity contribution in [2.45, 2.75) is 19.5 Å². The SMILES string of the molecule is Cc1nn(C)c(N(C)C)c1CNC(c1ccccc1)c1ccccn1.Cl. The Balaban J connectivity index is 0.00000243. The number of hydrogen-bond acceptors (Lipinski definition) is 4. The summed E-state index contributed by atoms with van der Waals surface area (Å²) in [6.45, 7) is 2.78. The van der Waals surface area contributed by atoms with Crippen molar-refractivity contribution < 1.29 is 0 Å². The molecule has 0 aliphatic rings. The normalized spacial score (nSPS) is 11.7. The summed E-state index contributed by atoms with van der Waals surface area (Å²) in [5, 5.41) is 8.25. The fraction of sp³-hybridized carbons (Fsp3) is 0.300. The van der Waals surface area contributed by atoms with Crippen LogP contribution in [0.25, 0.3) is 0 Å². The second-order valence-corrected chi connectivity index (χ2v) is 6.38. The molecule has 1 atom stereocenters. The lowest BCUT2D eigenvalue weighted by Crippen LogP contribution is -2.24. The zero-order chi connectivity index (χ0) is 17.8. The molecule has 0 bridgehead atoms. The Kier molecular flexibility index (Phi) is 6.77. The van der Waals surface area contributed by atoms with E-state index >= 15 is 0 Å². The molecule has 0 aliphatic heterocycles. The third-order valence-electron chi connectivity index (χ3n) is 4.34. The van der Waals surface area contributed by atoms with Gasteiger partial charge in [-0.3, -0.25) is 9.67 Å². The van der Waals surface area contributed by atoms with Crippen LogP contribution in [0.3, 0.4) is 0 Å². The lowest BCUT2D eigenvalue weighted by atomic mass is 10.0. The van der Waals surface area contributed by atoms with Crippen molar-refractivity contribution in [1.29, 1.82) is 0 Å². The van der Waals surface area contributed by atoms with E-state index in [2.05, 4.69) is 57.6 Å². The molecule has 3 rings (SSSR count). The molecule has 0 radical (unpaired) electrons. The van der Waals surface area contributed by atoms with Crippen LogP contribution >= 0.6 is 12.4 Å². The first-order chi connectivity index (χ1) is 12.1. The van der Waals surface area contributed by atoms with Crippen molar-refractivity contribution in [2.24, 2.45) is 7.05 Å². The van der Waals surface area contributed by atoms with E-state index in [1.54, 1.807) is 0 Å². The van der Waals surface area contributed by atoms with Gasteiger partial charge >= 0.3 is 0 Å². The molecule has 0 amide bonds. The van der Waals surface area contributed by atoms with Crippen molar-refractivity contribution in [3.8, 4) is 0 Å². The lowest BCUT2D eigenvalue weighted by molar-refractivity contribution is 0.590. The zero-order valence-corrected chi connectivity index (χ0v) is 16.5. The van der Waals surface area contributed by atoms with Crippen LogP contribution in [0.5, 0.6) is 0 Å². The number of anilines is 1. The molecular weight excluding hydrogens is 346 g/mol. The first-order valence-corrected chi connectivity index (χ1v) is 8.47. The highest BCUT2D eigenvalue weighted by Crippen LogP contribution is 2.25. The second-order valence-electron chi connectivity index (χ2n) is 6.38. The third-order valence-corrected chi connectivity index (χ3v) is 4.34. The summed E-state index contributed by atoms with van der Waals surface area (Å²) in [4.78, 5) is 6.67. The number of nitrogens with one attached hydrogen (secondary N) is 1. The van der Waals surface area contributed by atoms with Crippen LogP contribution in [0.1, 0.15) is 28.6 Å². The number of rotatable bonds is 6. The van der Waals surface area contributed by atoms with Crippen molar-refractivity contribution in [1.82, 2.24) is 20.1 Å². The Morgan fingerprint density at radius 3 is 2.38 bits per heavy atom. The van der Waals surface area contributed by atoms with E-state index in [0.717, 1.165) is 23.8 Å². The van der Waals surface area contributed by atoms with Gasteiger partial charge in [0.1, 0.15) is 5.82 Å². The standard InChI is InChI=1S/C20H25N5.ClH/c1-15-17(20(24(2)3)25(4)23-15)14-22-19(16-10-6-5-7-11-16)18-12-8-9-13-21-18;/h5-13,19,22H,14H2,1-4H3;1H. The van der Waals surface area contributed by atoms with Crippen LogP contribution in [0, 0.1) is 6.92 Å². The average Bonchev–Trinajstić information content (AvgIpc) is 2.90. The first-order valence-electron chi connectivity index (χ1n) is 8.47. The summed E-state index contributed by atoms with van der Waals surface area (Å²) in [5.41, 5.74) is 4.48. The van der Waals surface area contributed by atoms with E-state index in [9.17, 15) is 0 Å². The third kappa shape index (κ3) is 4.23. The summed E-state index contributed by atoms with van der Waals surface area (Å²) < 4.78 is 1.94. The van der Waals surface area contributed by atoms with E-state index in [0.29, 0.717) is 0 Å². The summed E-state index contributed by atoms with van der Waals surface area (Å²) >= 11 is 0. The molecule has 26 heavy (non-hydrogen) atoms. The molecule has 0 fully saturated rings. The minimum atomic E-state index is 0.